The van der Waals surface area contributed by atoms with E-state index in [1.807, 2.05) is 73.2 Å². The molecule has 0 atom stereocenters. The molecule has 1 aliphatic rings. The normalized spacial score (nSPS) is 22.2. The average Bonchev–Trinajstić information content (AvgIpc) is 3.18. The van der Waals surface area contributed by atoms with Crippen molar-refractivity contribution in [1.82, 2.24) is 15.0 Å². The summed E-state index contributed by atoms with van der Waals surface area (Å²) in [7, 11) is 0. The third-order valence-electron chi connectivity index (χ3n) is 10.4. The maximum Gasteiger partial charge on any atom is 0.0701 e. The summed E-state index contributed by atoms with van der Waals surface area (Å²) < 4.78 is 0. The molecule has 0 unspecified atom stereocenters. The minimum Gasteiger partial charge on any atom is -0.283 e. The third kappa shape index (κ3) is 8.50. The number of hydrogen-bond donors (Lipinski definition) is 0. The van der Waals surface area contributed by atoms with Crippen molar-refractivity contribution in [1.29, 1.82) is 0 Å². The Morgan fingerprint density at radius 1 is 0.389 bits per heavy atom. The molecule has 0 saturated heterocycles. The van der Waals surface area contributed by atoms with Crippen LogP contribution in [0.5, 0.6) is 0 Å². The van der Waals surface area contributed by atoms with Crippen LogP contribution in [0.2, 0.25) is 0 Å². The highest BCUT2D eigenvalue weighted by Gasteiger charge is 2.49. The topological polar surface area (TPSA) is 75.8 Å². The van der Waals surface area contributed by atoms with Gasteiger partial charge in [-0.3, -0.25) is 29.9 Å². The number of pyridine rings is 3. The molecule has 0 radical (unpaired) electrons. The zero-order valence-electron chi connectivity index (χ0n) is 32.2. The number of rotatable bonds is 9. The molecule has 7 rings (SSSR count). The summed E-state index contributed by atoms with van der Waals surface area (Å²) >= 11 is 0. The zero-order chi connectivity index (χ0) is 37.8. The zero-order valence-corrected chi connectivity index (χ0v) is 32.2. The summed E-state index contributed by atoms with van der Waals surface area (Å²) in [6, 6.07) is 43.7. The third-order valence-corrected chi connectivity index (χ3v) is 10.4. The van der Waals surface area contributed by atoms with Gasteiger partial charge in [0.25, 0.3) is 0 Å². The lowest BCUT2D eigenvalue weighted by Crippen LogP contribution is -2.51. The molecule has 270 valence electrons. The second-order valence-corrected chi connectivity index (χ2v) is 15.5. The Labute approximate surface area is 320 Å². The van der Waals surface area contributed by atoms with E-state index < -0.39 is 16.6 Å². The van der Waals surface area contributed by atoms with Crippen LogP contribution in [-0.2, 0) is 0 Å². The van der Waals surface area contributed by atoms with E-state index >= 15 is 0 Å². The summed E-state index contributed by atoms with van der Waals surface area (Å²) in [4.78, 5) is 30.2. The van der Waals surface area contributed by atoms with Gasteiger partial charge in [-0.05, 0) is 114 Å². The first kappa shape index (κ1) is 36.5. The van der Waals surface area contributed by atoms with Crippen molar-refractivity contribution < 1.29 is 0 Å². The fourth-order valence-corrected chi connectivity index (χ4v) is 8.54. The van der Waals surface area contributed by atoms with Gasteiger partial charge in [-0.2, -0.15) is 0 Å². The highest BCUT2D eigenvalue weighted by atomic mass is 15.0. The summed E-state index contributed by atoms with van der Waals surface area (Å²) in [6.45, 7) is 13.2. The molecule has 1 aliphatic carbocycles. The SMILES string of the molecule is CC(=NC1(C)CC(C)(N=C(C)c2ccc(-c3ccccn3)cc2)CC(C)(N=C(C)c2ccc(-c3ccccn3)cc2)C1)c1ccc(-c2ccccn2)cc1. The summed E-state index contributed by atoms with van der Waals surface area (Å²) in [6.07, 6.45) is 7.89. The molecule has 6 nitrogen and oxygen atoms in total. The van der Waals surface area contributed by atoms with Crippen LogP contribution in [-0.4, -0.2) is 48.7 Å². The van der Waals surface area contributed by atoms with Gasteiger partial charge in [-0.25, -0.2) is 0 Å². The Bertz CT molecular complexity index is 2000. The molecule has 0 aliphatic heterocycles. The van der Waals surface area contributed by atoms with Crippen molar-refractivity contribution in [2.24, 2.45) is 15.0 Å². The van der Waals surface area contributed by atoms with Crippen molar-refractivity contribution in [3.63, 3.8) is 0 Å². The van der Waals surface area contributed by atoms with Gasteiger partial charge in [0.15, 0.2) is 0 Å². The quantitative estimate of drug-likeness (QED) is 0.140. The van der Waals surface area contributed by atoms with Crippen LogP contribution in [0.15, 0.2) is 161 Å². The molecule has 6 heteroatoms. The molecule has 3 aromatic carbocycles. The van der Waals surface area contributed by atoms with Crippen molar-refractivity contribution >= 4 is 17.1 Å². The summed E-state index contributed by atoms with van der Waals surface area (Å²) in [5, 5.41) is 0. The molecular formula is C48H48N6. The van der Waals surface area contributed by atoms with Crippen LogP contribution in [0.1, 0.15) is 77.5 Å². The monoisotopic (exact) mass is 708 g/mol. The van der Waals surface area contributed by atoms with Gasteiger partial charge in [0.05, 0.1) is 33.7 Å². The highest BCUT2D eigenvalue weighted by Crippen LogP contribution is 2.47. The van der Waals surface area contributed by atoms with E-state index in [0.717, 1.165) is 86.9 Å². The second kappa shape index (κ2) is 15.2. The Morgan fingerprint density at radius 3 is 0.870 bits per heavy atom. The van der Waals surface area contributed by atoms with Crippen molar-refractivity contribution in [3.05, 3.63) is 163 Å². The van der Waals surface area contributed by atoms with Gasteiger partial charge >= 0.3 is 0 Å². The molecular weight excluding hydrogens is 661 g/mol. The van der Waals surface area contributed by atoms with E-state index in [-0.39, 0.29) is 0 Å². The van der Waals surface area contributed by atoms with E-state index in [1.54, 1.807) is 0 Å². The van der Waals surface area contributed by atoms with Gasteiger partial charge in [0.2, 0.25) is 0 Å². The molecule has 6 aromatic rings. The molecule has 0 N–H and O–H groups in total. The van der Waals surface area contributed by atoms with E-state index in [1.165, 1.54) is 0 Å². The van der Waals surface area contributed by atoms with Crippen LogP contribution in [0, 0.1) is 0 Å². The van der Waals surface area contributed by atoms with Crippen molar-refractivity contribution in [2.75, 3.05) is 0 Å². The lowest BCUT2D eigenvalue weighted by Gasteiger charge is -2.48. The van der Waals surface area contributed by atoms with E-state index in [9.17, 15) is 0 Å². The molecule has 3 aromatic heterocycles. The molecule has 1 fully saturated rings. The summed E-state index contributed by atoms with van der Waals surface area (Å²) in [5.41, 5.74) is 11.2. The highest BCUT2D eigenvalue weighted by molar-refractivity contribution is 6.01. The van der Waals surface area contributed by atoms with Gasteiger partial charge in [-0.1, -0.05) is 91.0 Å². The second-order valence-electron chi connectivity index (χ2n) is 15.5. The Morgan fingerprint density at radius 2 is 0.648 bits per heavy atom. The largest absolute Gasteiger partial charge is 0.283 e. The smallest absolute Gasteiger partial charge is 0.0701 e. The van der Waals surface area contributed by atoms with Gasteiger partial charge in [0.1, 0.15) is 0 Å². The fourth-order valence-electron chi connectivity index (χ4n) is 8.54. The number of hydrogen-bond acceptors (Lipinski definition) is 6. The van der Waals surface area contributed by atoms with Crippen LogP contribution >= 0.6 is 0 Å². The van der Waals surface area contributed by atoms with Gasteiger partial charge in [-0.15, -0.1) is 0 Å². The first-order valence-corrected chi connectivity index (χ1v) is 18.7. The van der Waals surface area contributed by atoms with Gasteiger partial charge < -0.3 is 0 Å². The standard InChI is InChI=1S/C48H48N6/c1-34(37-16-22-40(23-17-37)43-13-7-10-28-49-43)52-46(4)31-47(5,53-35(2)38-18-24-41(25-19-38)44-14-8-11-29-50-44)33-48(6,32-46)54-36(3)39-20-26-42(27-21-39)45-15-9-12-30-51-45/h7-30H,31-33H2,1-6H3. The Kier molecular flexibility index (Phi) is 10.3. The molecule has 1 saturated carbocycles. The van der Waals surface area contributed by atoms with Crippen LogP contribution in [0.4, 0.5) is 0 Å². The lowest BCUT2D eigenvalue weighted by atomic mass is 9.65. The van der Waals surface area contributed by atoms with Crippen molar-refractivity contribution in [2.45, 2.75) is 77.4 Å². The van der Waals surface area contributed by atoms with E-state index in [0.29, 0.717) is 0 Å². The first-order valence-electron chi connectivity index (χ1n) is 18.7. The number of aliphatic imine (C=N–C) groups is 3. The molecule has 0 amide bonds. The Hall–Kier alpha value is -5.88. The lowest BCUT2D eigenvalue weighted by molar-refractivity contribution is 0.148. The maximum atomic E-state index is 5.53. The van der Waals surface area contributed by atoms with Crippen LogP contribution < -0.4 is 0 Å². The number of aromatic nitrogens is 3. The Balaban J connectivity index is 1.21. The minimum atomic E-state index is -0.412. The first-order chi connectivity index (χ1) is 26.0. The predicted molar refractivity (Wildman–Crippen MR) is 225 cm³/mol. The van der Waals surface area contributed by atoms with E-state index in [4.69, 9.17) is 15.0 Å². The molecule has 3 heterocycles. The fraction of sp³-hybridized carbons (Fsp3) is 0.250. The van der Waals surface area contributed by atoms with Crippen LogP contribution in [0.25, 0.3) is 33.8 Å². The number of benzene rings is 3. The van der Waals surface area contributed by atoms with Gasteiger partial charge in [0, 0.05) is 52.4 Å². The summed E-state index contributed by atoms with van der Waals surface area (Å²) in [5.74, 6) is 0. The number of nitrogens with zero attached hydrogens (tertiary/aromatic N) is 6. The van der Waals surface area contributed by atoms with Crippen molar-refractivity contribution in [3.8, 4) is 33.8 Å². The minimum absolute atomic E-state index is 0.412. The predicted octanol–water partition coefficient (Wildman–Crippen LogP) is 11.2. The van der Waals surface area contributed by atoms with E-state index in [2.05, 4.69) is 129 Å². The molecule has 0 spiro atoms. The van der Waals surface area contributed by atoms with Crippen LogP contribution in [0.3, 0.4) is 0 Å². The molecule has 54 heavy (non-hydrogen) atoms. The molecule has 0 bridgehead atoms. The average molecular weight is 709 g/mol. The maximum absolute atomic E-state index is 5.53.